The van der Waals surface area contributed by atoms with Gasteiger partial charge in [-0.3, -0.25) is 4.79 Å². The molecule has 0 radical (unpaired) electrons. The lowest BCUT2D eigenvalue weighted by Gasteiger charge is -2.18. The molecule has 1 aliphatic rings. The van der Waals surface area contributed by atoms with Crippen LogP contribution in [0.1, 0.15) is 26.3 Å². The van der Waals surface area contributed by atoms with Crippen molar-refractivity contribution in [2.24, 2.45) is 5.41 Å². The topological polar surface area (TPSA) is 61.8 Å². The molecule has 0 amide bonds. The van der Waals surface area contributed by atoms with Gasteiger partial charge in [-0.25, -0.2) is 4.79 Å². The Labute approximate surface area is 129 Å². The average Bonchev–Trinajstić information content (AvgIpc) is 2.49. The largest absolute Gasteiger partial charge is 0.486 e. The van der Waals surface area contributed by atoms with Gasteiger partial charge in [-0.2, -0.15) is 0 Å². The Morgan fingerprint density at radius 2 is 1.86 bits per heavy atom. The molecule has 118 valence electrons. The number of esters is 1. The van der Waals surface area contributed by atoms with Crippen LogP contribution in [-0.4, -0.2) is 31.6 Å². The SMILES string of the molecule is CC(C)(C)C(=O)COC(=O)/C=C/c1ccc2c(c1)OCCO2. The van der Waals surface area contributed by atoms with E-state index in [1.165, 1.54) is 6.08 Å². The number of carbonyl (C=O) groups excluding carboxylic acids is 2. The van der Waals surface area contributed by atoms with E-state index >= 15 is 0 Å². The van der Waals surface area contributed by atoms with Crippen LogP contribution in [0.2, 0.25) is 0 Å². The highest BCUT2D eigenvalue weighted by Crippen LogP contribution is 2.31. The number of Topliss-reactive ketones (excluding diaryl/α,β-unsaturated/α-hetero) is 1. The Morgan fingerprint density at radius 1 is 1.18 bits per heavy atom. The Kier molecular flexibility index (Phi) is 4.85. The van der Waals surface area contributed by atoms with Crippen LogP contribution < -0.4 is 9.47 Å². The van der Waals surface area contributed by atoms with E-state index in [1.54, 1.807) is 39.0 Å². The molecule has 0 saturated heterocycles. The fraction of sp³-hybridized carbons (Fsp3) is 0.412. The maximum Gasteiger partial charge on any atom is 0.331 e. The molecule has 2 rings (SSSR count). The minimum Gasteiger partial charge on any atom is -0.486 e. The molecule has 5 heteroatoms. The number of ether oxygens (including phenoxy) is 3. The van der Waals surface area contributed by atoms with Crippen molar-refractivity contribution in [3.63, 3.8) is 0 Å². The molecule has 0 unspecified atom stereocenters. The van der Waals surface area contributed by atoms with E-state index in [1.807, 2.05) is 6.07 Å². The summed E-state index contributed by atoms with van der Waals surface area (Å²) in [6.45, 7) is 6.19. The molecular formula is C17H20O5. The predicted molar refractivity (Wildman–Crippen MR) is 81.9 cm³/mol. The molecule has 1 aromatic carbocycles. The number of hydrogen-bond donors (Lipinski definition) is 0. The highest BCUT2D eigenvalue weighted by molar-refractivity contribution is 5.91. The summed E-state index contributed by atoms with van der Waals surface area (Å²) in [4.78, 5) is 23.3. The van der Waals surface area contributed by atoms with Crippen molar-refractivity contribution >= 4 is 17.8 Å². The van der Waals surface area contributed by atoms with Crippen molar-refractivity contribution in [2.45, 2.75) is 20.8 Å². The monoisotopic (exact) mass is 304 g/mol. The van der Waals surface area contributed by atoms with Gasteiger partial charge in [0.15, 0.2) is 23.9 Å². The predicted octanol–water partition coefficient (Wildman–Crippen LogP) is 2.63. The zero-order valence-corrected chi connectivity index (χ0v) is 13.0. The Morgan fingerprint density at radius 3 is 2.55 bits per heavy atom. The second kappa shape index (κ2) is 6.64. The molecule has 0 spiro atoms. The van der Waals surface area contributed by atoms with E-state index in [0.717, 1.165) is 5.56 Å². The van der Waals surface area contributed by atoms with Gasteiger partial charge in [0.1, 0.15) is 13.2 Å². The molecule has 0 aromatic heterocycles. The normalized spacial score (nSPS) is 14.0. The van der Waals surface area contributed by atoms with Crippen LogP contribution in [0.15, 0.2) is 24.3 Å². The van der Waals surface area contributed by atoms with E-state index in [0.29, 0.717) is 24.7 Å². The van der Waals surface area contributed by atoms with Crippen LogP contribution in [0.5, 0.6) is 11.5 Å². The molecule has 5 nitrogen and oxygen atoms in total. The van der Waals surface area contributed by atoms with Crippen molar-refractivity contribution in [3.05, 3.63) is 29.8 Å². The minimum atomic E-state index is -0.549. The van der Waals surface area contributed by atoms with Crippen LogP contribution in [0, 0.1) is 5.41 Å². The van der Waals surface area contributed by atoms with Crippen molar-refractivity contribution in [3.8, 4) is 11.5 Å². The van der Waals surface area contributed by atoms with Gasteiger partial charge in [-0.05, 0) is 23.8 Å². The maximum absolute atomic E-state index is 11.7. The van der Waals surface area contributed by atoms with Gasteiger partial charge in [-0.15, -0.1) is 0 Å². The molecular weight excluding hydrogens is 284 g/mol. The first kappa shape index (κ1) is 16.1. The lowest BCUT2D eigenvalue weighted by atomic mass is 9.91. The number of carbonyl (C=O) groups is 2. The van der Waals surface area contributed by atoms with Gasteiger partial charge < -0.3 is 14.2 Å². The van der Waals surface area contributed by atoms with E-state index in [2.05, 4.69) is 0 Å². The van der Waals surface area contributed by atoms with Crippen molar-refractivity contribution in [2.75, 3.05) is 19.8 Å². The quantitative estimate of drug-likeness (QED) is 0.632. The fourth-order valence-corrected chi connectivity index (χ4v) is 1.73. The highest BCUT2D eigenvalue weighted by Gasteiger charge is 2.22. The third-order valence-electron chi connectivity index (χ3n) is 3.16. The average molecular weight is 304 g/mol. The van der Waals surface area contributed by atoms with Crippen LogP contribution in [-0.2, 0) is 14.3 Å². The smallest absolute Gasteiger partial charge is 0.331 e. The number of hydrogen-bond acceptors (Lipinski definition) is 5. The Hall–Kier alpha value is -2.30. The minimum absolute atomic E-state index is 0.117. The highest BCUT2D eigenvalue weighted by atomic mass is 16.6. The lowest BCUT2D eigenvalue weighted by Crippen LogP contribution is -2.25. The zero-order chi connectivity index (χ0) is 16.2. The third-order valence-corrected chi connectivity index (χ3v) is 3.16. The van der Waals surface area contributed by atoms with Gasteiger partial charge in [0, 0.05) is 11.5 Å². The van der Waals surface area contributed by atoms with Gasteiger partial charge in [0.05, 0.1) is 0 Å². The zero-order valence-electron chi connectivity index (χ0n) is 13.0. The summed E-state index contributed by atoms with van der Waals surface area (Å²) < 4.78 is 15.8. The molecule has 22 heavy (non-hydrogen) atoms. The number of rotatable bonds is 4. The van der Waals surface area contributed by atoms with Crippen LogP contribution in [0.4, 0.5) is 0 Å². The number of fused-ring (bicyclic) bond motifs is 1. The summed E-state index contributed by atoms with van der Waals surface area (Å²) in [5, 5.41) is 0. The lowest BCUT2D eigenvalue weighted by molar-refractivity contribution is -0.145. The van der Waals surface area contributed by atoms with Crippen molar-refractivity contribution < 1.29 is 23.8 Å². The summed E-state index contributed by atoms with van der Waals surface area (Å²) >= 11 is 0. The first-order valence-corrected chi connectivity index (χ1v) is 7.14. The van der Waals surface area contributed by atoms with Gasteiger partial charge in [-0.1, -0.05) is 26.8 Å². The Balaban J connectivity index is 1.91. The second-order valence-electron chi connectivity index (χ2n) is 6.02. The van der Waals surface area contributed by atoms with Crippen molar-refractivity contribution in [1.82, 2.24) is 0 Å². The van der Waals surface area contributed by atoms with Gasteiger partial charge in [0.25, 0.3) is 0 Å². The summed E-state index contributed by atoms with van der Waals surface area (Å²) in [7, 11) is 0. The van der Waals surface area contributed by atoms with E-state index < -0.39 is 11.4 Å². The molecule has 1 aromatic rings. The van der Waals surface area contributed by atoms with Crippen LogP contribution in [0.3, 0.4) is 0 Å². The first-order valence-electron chi connectivity index (χ1n) is 7.14. The van der Waals surface area contributed by atoms with Crippen LogP contribution >= 0.6 is 0 Å². The first-order chi connectivity index (χ1) is 10.4. The van der Waals surface area contributed by atoms with Crippen LogP contribution in [0.25, 0.3) is 6.08 Å². The Bertz CT molecular complexity index is 596. The molecule has 0 aliphatic carbocycles. The molecule has 0 bridgehead atoms. The molecule has 0 saturated carbocycles. The summed E-state index contributed by atoms with van der Waals surface area (Å²) in [5.41, 5.74) is 0.281. The fourth-order valence-electron chi connectivity index (χ4n) is 1.73. The molecule has 0 fully saturated rings. The number of benzene rings is 1. The maximum atomic E-state index is 11.7. The van der Waals surface area contributed by atoms with E-state index in [9.17, 15) is 9.59 Å². The molecule has 1 aliphatic heterocycles. The molecule has 0 N–H and O–H groups in total. The second-order valence-corrected chi connectivity index (χ2v) is 6.02. The van der Waals surface area contributed by atoms with E-state index in [4.69, 9.17) is 14.2 Å². The number of ketones is 1. The van der Waals surface area contributed by atoms with Crippen molar-refractivity contribution in [1.29, 1.82) is 0 Å². The summed E-state index contributed by atoms with van der Waals surface area (Å²) in [6.07, 6.45) is 2.91. The third kappa shape index (κ3) is 4.35. The van der Waals surface area contributed by atoms with Gasteiger partial charge >= 0.3 is 5.97 Å². The molecule has 1 heterocycles. The summed E-state index contributed by atoms with van der Waals surface area (Å²) in [6, 6.07) is 5.40. The standard InChI is InChI=1S/C17H20O5/c1-17(2,3)15(18)11-22-16(19)7-5-12-4-6-13-14(10-12)21-9-8-20-13/h4-7,10H,8-9,11H2,1-3H3/b7-5+. The molecule has 0 atom stereocenters. The summed E-state index contributed by atoms with van der Waals surface area (Å²) in [5.74, 6) is 0.687. The van der Waals surface area contributed by atoms with E-state index in [-0.39, 0.29) is 12.4 Å². The van der Waals surface area contributed by atoms with Gasteiger partial charge in [0.2, 0.25) is 0 Å².